The van der Waals surface area contributed by atoms with Crippen LogP contribution in [0.25, 0.3) is 0 Å². The SMILES string of the molecule is CCOCCN(CC)CC1(C=O)CCC(C)CC1. The third-order valence-corrected chi connectivity index (χ3v) is 4.26. The fraction of sp³-hybridized carbons (Fsp3) is 0.933. The number of ether oxygens (including phenoxy) is 1. The average Bonchev–Trinajstić information content (AvgIpc) is 2.40. The highest BCUT2D eigenvalue weighted by Gasteiger charge is 2.35. The van der Waals surface area contributed by atoms with Crippen molar-refractivity contribution in [1.82, 2.24) is 4.90 Å². The molecule has 0 aromatic rings. The van der Waals surface area contributed by atoms with Crippen molar-refractivity contribution in [2.45, 2.75) is 46.5 Å². The van der Waals surface area contributed by atoms with E-state index in [1.165, 1.54) is 19.1 Å². The van der Waals surface area contributed by atoms with Crippen LogP contribution in [0.15, 0.2) is 0 Å². The largest absolute Gasteiger partial charge is 0.380 e. The summed E-state index contributed by atoms with van der Waals surface area (Å²) in [5.74, 6) is 0.788. The first-order chi connectivity index (χ1) is 8.65. The van der Waals surface area contributed by atoms with Crippen LogP contribution in [-0.2, 0) is 9.53 Å². The number of carbonyl (C=O) groups excluding carboxylic acids is 1. The Morgan fingerprint density at radius 1 is 1.33 bits per heavy atom. The molecule has 1 aliphatic carbocycles. The maximum absolute atomic E-state index is 11.5. The van der Waals surface area contributed by atoms with E-state index in [0.717, 1.165) is 51.6 Å². The Morgan fingerprint density at radius 3 is 2.50 bits per heavy atom. The van der Waals surface area contributed by atoms with Gasteiger partial charge >= 0.3 is 0 Å². The first kappa shape index (κ1) is 15.6. The van der Waals surface area contributed by atoms with Crippen molar-refractivity contribution in [2.75, 3.05) is 32.8 Å². The summed E-state index contributed by atoms with van der Waals surface area (Å²) < 4.78 is 5.41. The monoisotopic (exact) mass is 255 g/mol. The van der Waals surface area contributed by atoms with Gasteiger partial charge in [0.1, 0.15) is 6.29 Å². The highest BCUT2D eigenvalue weighted by molar-refractivity contribution is 5.60. The van der Waals surface area contributed by atoms with Gasteiger partial charge in [0.15, 0.2) is 0 Å². The Kier molecular flexibility index (Phi) is 6.87. The minimum atomic E-state index is -0.0886. The van der Waals surface area contributed by atoms with Crippen molar-refractivity contribution in [3.8, 4) is 0 Å². The molecule has 0 N–H and O–H groups in total. The minimum Gasteiger partial charge on any atom is -0.380 e. The van der Waals surface area contributed by atoms with E-state index < -0.39 is 0 Å². The van der Waals surface area contributed by atoms with Gasteiger partial charge in [-0.25, -0.2) is 0 Å². The molecule has 0 unspecified atom stereocenters. The van der Waals surface area contributed by atoms with E-state index in [1.54, 1.807) is 0 Å². The molecule has 0 spiro atoms. The predicted molar refractivity (Wildman–Crippen MR) is 74.7 cm³/mol. The van der Waals surface area contributed by atoms with E-state index in [-0.39, 0.29) is 5.41 Å². The molecule has 0 aromatic carbocycles. The van der Waals surface area contributed by atoms with Crippen LogP contribution in [0.3, 0.4) is 0 Å². The quantitative estimate of drug-likeness (QED) is 0.493. The van der Waals surface area contributed by atoms with Crippen molar-refractivity contribution in [3.05, 3.63) is 0 Å². The molecule has 0 saturated heterocycles. The molecule has 0 aliphatic heterocycles. The van der Waals surface area contributed by atoms with Gasteiger partial charge in [0.05, 0.1) is 6.61 Å². The maximum Gasteiger partial charge on any atom is 0.127 e. The molecule has 0 atom stereocenters. The summed E-state index contributed by atoms with van der Waals surface area (Å²) in [5, 5.41) is 0. The number of nitrogens with zero attached hydrogens (tertiary/aromatic N) is 1. The van der Waals surface area contributed by atoms with Gasteiger partial charge in [-0.05, 0) is 45.1 Å². The van der Waals surface area contributed by atoms with Crippen LogP contribution < -0.4 is 0 Å². The molecule has 18 heavy (non-hydrogen) atoms. The smallest absolute Gasteiger partial charge is 0.127 e. The van der Waals surface area contributed by atoms with Crippen LogP contribution >= 0.6 is 0 Å². The molecular formula is C15H29NO2. The van der Waals surface area contributed by atoms with E-state index in [0.29, 0.717) is 0 Å². The zero-order valence-electron chi connectivity index (χ0n) is 12.3. The molecule has 1 saturated carbocycles. The minimum absolute atomic E-state index is 0.0886. The number of hydrogen-bond acceptors (Lipinski definition) is 3. The van der Waals surface area contributed by atoms with Gasteiger partial charge in [-0.3, -0.25) is 0 Å². The van der Waals surface area contributed by atoms with Crippen LogP contribution in [0, 0.1) is 11.3 Å². The number of hydrogen-bond donors (Lipinski definition) is 0. The molecule has 1 aliphatic rings. The van der Waals surface area contributed by atoms with Crippen molar-refractivity contribution >= 4 is 6.29 Å². The lowest BCUT2D eigenvalue weighted by atomic mass is 9.71. The lowest BCUT2D eigenvalue weighted by molar-refractivity contribution is -0.119. The molecule has 3 nitrogen and oxygen atoms in total. The highest BCUT2D eigenvalue weighted by atomic mass is 16.5. The Bertz CT molecular complexity index is 235. The van der Waals surface area contributed by atoms with Crippen LogP contribution in [0.1, 0.15) is 46.5 Å². The fourth-order valence-electron chi connectivity index (χ4n) is 2.78. The molecule has 0 aromatic heterocycles. The lowest BCUT2D eigenvalue weighted by Gasteiger charge is -2.38. The molecular weight excluding hydrogens is 226 g/mol. The topological polar surface area (TPSA) is 29.5 Å². The number of rotatable bonds is 8. The Labute approximate surface area is 112 Å². The summed E-state index contributed by atoms with van der Waals surface area (Å²) in [6, 6.07) is 0. The number of carbonyl (C=O) groups is 1. The summed E-state index contributed by atoms with van der Waals surface area (Å²) in [5.41, 5.74) is -0.0886. The molecule has 0 amide bonds. The second-order valence-electron chi connectivity index (χ2n) is 5.73. The Morgan fingerprint density at radius 2 is 2.00 bits per heavy atom. The highest BCUT2D eigenvalue weighted by Crippen LogP contribution is 2.37. The third kappa shape index (κ3) is 4.69. The molecule has 3 heteroatoms. The first-order valence-corrected chi connectivity index (χ1v) is 7.42. The number of aldehydes is 1. The summed E-state index contributed by atoms with van der Waals surface area (Å²) in [4.78, 5) is 13.9. The fourth-order valence-corrected chi connectivity index (χ4v) is 2.78. The van der Waals surface area contributed by atoms with E-state index in [4.69, 9.17) is 4.74 Å². The van der Waals surface area contributed by atoms with E-state index in [9.17, 15) is 4.79 Å². The summed E-state index contributed by atoms with van der Waals surface area (Å²) >= 11 is 0. The van der Waals surface area contributed by atoms with Gasteiger partial charge in [0.2, 0.25) is 0 Å². The molecule has 0 radical (unpaired) electrons. The normalized spacial score (nSPS) is 28.6. The summed E-state index contributed by atoms with van der Waals surface area (Å²) in [6.07, 6.45) is 5.73. The maximum atomic E-state index is 11.5. The summed E-state index contributed by atoms with van der Waals surface area (Å²) in [6.45, 7) is 10.9. The molecule has 1 rings (SSSR count). The van der Waals surface area contributed by atoms with Gasteiger partial charge in [-0.15, -0.1) is 0 Å². The third-order valence-electron chi connectivity index (χ3n) is 4.26. The average molecular weight is 255 g/mol. The van der Waals surface area contributed by atoms with E-state index >= 15 is 0 Å². The molecule has 0 heterocycles. The lowest BCUT2D eigenvalue weighted by Crippen LogP contribution is -2.42. The van der Waals surface area contributed by atoms with E-state index in [1.807, 2.05) is 6.92 Å². The van der Waals surface area contributed by atoms with Crippen molar-refractivity contribution in [3.63, 3.8) is 0 Å². The van der Waals surface area contributed by atoms with Crippen molar-refractivity contribution in [2.24, 2.45) is 11.3 Å². The Balaban J connectivity index is 2.46. The predicted octanol–water partition coefficient (Wildman–Crippen LogP) is 2.74. The van der Waals surface area contributed by atoms with Crippen LogP contribution in [0.5, 0.6) is 0 Å². The van der Waals surface area contributed by atoms with Crippen LogP contribution in [-0.4, -0.2) is 44.0 Å². The van der Waals surface area contributed by atoms with Crippen molar-refractivity contribution < 1.29 is 9.53 Å². The van der Waals surface area contributed by atoms with E-state index in [2.05, 4.69) is 18.7 Å². The zero-order valence-corrected chi connectivity index (χ0v) is 12.3. The second-order valence-corrected chi connectivity index (χ2v) is 5.73. The molecule has 1 fully saturated rings. The van der Waals surface area contributed by atoms with Gasteiger partial charge < -0.3 is 14.4 Å². The van der Waals surface area contributed by atoms with Crippen LogP contribution in [0.4, 0.5) is 0 Å². The second kappa shape index (κ2) is 7.90. The molecule has 0 bridgehead atoms. The summed E-state index contributed by atoms with van der Waals surface area (Å²) in [7, 11) is 0. The van der Waals surface area contributed by atoms with Gasteiger partial charge in [-0.1, -0.05) is 13.8 Å². The van der Waals surface area contributed by atoms with Gasteiger partial charge in [0, 0.05) is 25.1 Å². The van der Waals surface area contributed by atoms with Crippen molar-refractivity contribution in [1.29, 1.82) is 0 Å². The number of likely N-dealkylation sites (N-methyl/N-ethyl adjacent to an activating group) is 1. The van der Waals surface area contributed by atoms with Gasteiger partial charge in [0.25, 0.3) is 0 Å². The molecule has 106 valence electrons. The van der Waals surface area contributed by atoms with Crippen LogP contribution in [0.2, 0.25) is 0 Å². The zero-order chi connectivity index (χ0) is 13.4. The van der Waals surface area contributed by atoms with Gasteiger partial charge in [-0.2, -0.15) is 0 Å². The standard InChI is InChI=1S/C15H29NO2/c1-4-16(10-11-18-5-2)12-15(13-17)8-6-14(3)7-9-15/h13-14H,4-12H2,1-3H3. The Hall–Kier alpha value is -0.410. The first-order valence-electron chi connectivity index (χ1n) is 7.42.